The van der Waals surface area contributed by atoms with Crippen molar-refractivity contribution in [2.24, 2.45) is 0 Å². The quantitative estimate of drug-likeness (QED) is 0.802. The van der Waals surface area contributed by atoms with Gasteiger partial charge >= 0.3 is 0 Å². The standard InChI is InChI=1S/C16H19BrN2O2/c1-4-19-15(16(17)11(2)18-19)10-13(20)8-12-6-5-7-14(9-12)21-3/h5-7,9H,4,8,10H2,1-3H3. The van der Waals surface area contributed by atoms with E-state index in [1.807, 2.05) is 42.8 Å². The molecule has 0 atom stereocenters. The van der Waals surface area contributed by atoms with Crippen LogP contribution in [0, 0.1) is 6.92 Å². The van der Waals surface area contributed by atoms with Gasteiger partial charge in [0.15, 0.2) is 0 Å². The lowest BCUT2D eigenvalue weighted by Crippen LogP contribution is -2.12. The summed E-state index contributed by atoms with van der Waals surface area (Å²) in [5, 5.41) is 4.41. The van der Waals surface area contributed by atoms with Crippen LogP contribution in [0.5, 0.6) is 5.75 Å². The first-order chi connectivity index (χ1) is 10.0. The number of halogens is 1. The second kappa shape index (κ2) is 6.89. The number of carbonyl (C=O) groups is 1. The van der Waals surface area contributed by atoms with Crippen LogP contribution < -0.4 is 4.74 Å². The van der Waals surface area contributed by atoms with Gasteiger partial charge in [-0.3, -0.25) is 9.48 Å². The van der Waals surface area contributed by atoms with Crippen LogP contribution in [0.15, 0.2) is 28.7 Å². The maximum atomic E-state index is 12.3. The highest BCUT2D eigenvalue weighted by atomic mass is 79.9. The number of ether oxygens (including phenoxy) is 1. The molecule has 0 saturated heterocycles. The predicted octanol–water partition coefficient (Wildman–Crippen LogP) is 3.34. The van der Waals surface area contributed by atoms with Crippen molar-refractivity contribution < 1.29 is 9.53 Å². The van der Waals surface area contributed by atoms with Gasteiger partial charge in [-0.15, -0.1) is 0 Å². The molecule has 0 N–H and O–H groups in total. The number of Topliss-reactive ketones (excluding diaryl/α,β-unsaturated/α-hetero) is 1. The Kier molecular flexibility index (Phi) is 5.17. The molecule has 1 aromatic carbocycles. The van der Waals surface area contributed by atoms with Crippen molar-refractivity contribution in [2.45, 2.75) is 33.2 Å². The Morgan fingerprint density at radius 3 is 2.81 bits per heavy atom. The van der Waals surface area contributed by atoms with Crippen molar-refractivity contribution in [3.05, 3.63) is 45.7 Å². The van der Waals surface area contributed by atoms with E-state index in [0.29, 0.717) is 12.8 Å². The average molecular weight is 351 g/mol. The molecule has 1 heterocycles. The Balaban J connectivity index is 2.11. The van der Waals surface area contributed by atoms with Crippen LogP contribution in [-0.2, 0) is 24.2 Å². The summed E-state index contributed by atoms with van der Waals surface area (Å²) in [6, 6.07) is 7.62. The number of hydrogen-bond donors (Lipinski definition) is 0. The van der Waals surface area contributed by atoms with Crippen molar-refractivity contribution in [1.82, 2.24) is 9.78 Å². The molecular formula is C16H19BrN2O2. The van der Waals surface area contributed by atoms with Gasteiger partial charge in [0.1, 0.15) is 11.5 Å². The zero-order valence-electron chi connectivity index (χ0n) is 12.5. The van der Waals surface area contributed by atoms with Crippen LogP contribution in [0.3, 0.4) is 0 Å². The number of hydrogen-bond acceptors (Lipinski definition) is 3. The van der Waals surface area contributed by atoms with E-state index in [-0.39, 0.29) is 5.78 Å². The zero-order chi connectivity index (χ0) is 15.4. The van der Waals surface area contributed by atoms with Gasteiger partial charge in [-0.25, -0.2) is 0 Å². The molecule has 5 heteroatoms. The minimum absolute atomic E-state index is 0.165. The maximum Gasteiger partial charge on any atom is 0.143 e. The normalized spacial score (nSPS) is 10.7. The predicted molar refractivity (Wildman–Crippen MR) is 85.7 cm³/mol. The first kappa shape index (κ1) is 15.8. The SMILES string of the molecule is CCn1nc(C)c(Br)c1CC(=O)Cc1cccc(OC)c1. The van der Waals surface area contributed by atoms with Gasteiger partial charge < -0.3 is 4.74 Å². The molecule has 0 unspecified atom stereocenters. The third-order valence-electron chi connectivity index (χ3n) is 3.35. The minimum atomic E-state index is 0.165. The van der Waals surface area contributed by atoms with Gasteiger partial charge in [-0.05, 0) is 47.5 Å². The van der Waals surface area contributed by atoms with E-state index >= 15 is 0 Å². The molecule has 21 heavy (non-hydrogen) atoms. The first-order valence-electron chi connectivity index (χ1n) is 6.91. The molecule has 0 bridgehead atoms. The number of nitrogens with zero attached hydrogens (tertiary/aromatic N) is 2. The zero-order valence-corrected chi connectivity index (χ0v) is 14.1. The highest BCUT2D eigenvalue weighted by Crippen LogP contribution is 2.22. The van der Waals surface area contributed by atoms with Gasteiger partial charge in [-0.2, -0.15) is 5.10 Å². The summed E-state index contributed by atoms with van der Waals surface area (Å²) in [4.78, 5) is 12.3. The maximum absolute atomic E-state index is 12.3. The molecule has 0 amide bonds. The number of benzene rings is 1. The second-order valence-electron chi connectivity index (χ2n) is 4.91. The lowest BCUT2D eigenvalue weighted by Gasteiger charge is -2.06. The van der Waals surface area contributed by atoms with E-state index in [2.05, 4.69) is 21.0 Å². The smallest absolute Gasteiger partial charge is 0.143 e. The van der Waals surface area contributed by atoms with E-state index in [1.165, 1.54) is 0 Å². The van der Waals surface area contributed by atoms with Gasteiger partial charge in [0.05, 0.1) is 23.0 Å². The number of ketones is 1. The summed E-state index contributed by atoms with van der Waals surface area (Å²) < 4.78 is 7.99. The van der Waals surface area contributed by atoms with E-state index in [4.69, 9.17) is 4.74 Å². The highest BCUT2D eigenvalue weighted by Gasteiger charge is 2.16. The molecule has 2 aromatic rings. The Morgan fingerprint density at radius 1 is 1.38 bits per heavy atom. The van der Waals surface area contributed by atoms with Crippen molar-refractivity contribution in [1.29, 1.82) is 0 Å². The Labute approximate surface area is 133 Å². The number of carbonyl (C=O) groups excluding carboxylic acids is 1. The Hall–Kier alpha value is -1.62. The van der Waals surface area contributed by atoms with Crippen LogP contribution in [0.4, 0.5) is 0 Å². The fourth-order valence-electron chi connectivity index (χ4n) is 2.30. The van der Waals surface area contributed by atoms with Crippen LogP contribution in [0.2, 0.25) is 0 Å². The molecule has 0 aliphatic rings. The molecule has 0 aliphatic heterocycles. The Morgan fingerprint density at radius 2 is 2.14 bits per heavy atom. The van der Waals surface area contributed by atoms with Gasteiger partial charge in [0.25, 0.3) is 0 Å². The number of methoxy groups -OCH3 is 1. The van der Waals surface area contributed by atoms with Gasteiger partial charge in [0, 0.05) is 19.4 Å². The average Bonchev–Trinajstić information content (AvgIpc) is 2.75. The Bertz CT molecular complexity index is 650. The third kappa shape index (κ3) is 3.73. The van der Waals surface area contributed by atoms with Crippen molar-refractivity contribution in [2.75, 3.05) is 7.11 Å². The molecule has 1 aromatic heterocycles. The molecule has 112 valence electrons. The molecule has 0 radical (unpaired) electrons. The van der Waals surface area contributed by atoms with Crippen LogP contribution in [0.25, 0.3) is 0 Å². The molecular weight excluding hydrogens is 332 g/mol. The molecule has 4 nitrogen and oxygen atoms in total. The molecule has 0 fully saturated rings. The molecule has 0 spiro atoms. The number of aryl methyl sites for hydroxylation is 2. The summed E-state index contributed by atoms with van der Waals surface area (Å²) in [5.41, 5.74) is 2.83. The summed E-state index contributed by atoms with van der Waals surface area (Å²) in [5.74, 6) is 0.939. The summed E-state index contributed by atoms with van der Waals surface area (Å²) >= 11 is 3.52. The summed E-state index contributed by atoms with van der Waals surface area (Å²) in [7, 11) is 1.63. The minimum Gasteiger partial charge on any atom is -0.497 e. The lowest BCUT2D eigenvalue weighted by atomic mass is 10.1. The fraction of sp³-hybridized carbons (Fsp3) is 0.375. The largest absolute Gasteiger partial charge is 0.497 e. The van der Waals surface area contributed by atoms with Crippen molar-refractivity contribution in [3.63, 3.8) is 0 Å². The van der Waals surface area contributed by atoms with Crippen LogP contribution in [-0.4, -0.2) is 22.7 Å². The molecule has 2 rings (SSSR count). The first-order valence-corrected chi connectivity index (χ1v) is 7.70. The van der Waals surface area contributed by atoms with Crippen molar-refractivity contribution in [3.8, 4) is 5.75 Å². The van der Waals surface area contributed by atoms with E-state index < -0.39 is 0 Å². The van der Waals surface area contributed by atoms with E-state index in [9.17, 15) is 4.79 Å². The second-order valence-corrected chi connectivity index (χ2v) is 5.70. The van der Waals surface area contributed by atoms with Crippen molar-refractivity contribution >= 4 is 21.7 Å². The molecule has 0 aliphatic carbocycles. The topological polar surface area (TPSA) is 44.1 Å². The van der Waals surface area contributed by atoms with Gasteiger partial charge in [0.2, 0.25) is 0 Å². The lowest BCUT2D eigenvalue weighted by molar-refractivity contribution is -0.117. The van der Waals surface area contributed by atoms with Crippen LogP contribution in [0.1, 0.15) is 23.9 Å². The van der Waals surface area contributed by atoms with Crippen LogP contribution >= 0.6 is 15.9 Å². The monoisotopic (exact) mass is 350 g/mol. The highest BCUT2D eigenvalue weighted by molar-refractivity contribution is 9.10. The number of aromatic nitrogens is 2. The van der Waals surface area contributed by atoms with E-state index in [1.54, 1.807) is 7.11 Å². The third-order valence-corrected chi connectivity index (χ3v) is 4.38. The molecule has 0 saturated carbocycles. The fourth-order valence-corrected chi connectivity index (χ4v) is 2.72. The summed E-state index contributed by atoms with van der Waals surface area (Å²) in [6.45, 7) is 4.72. The van der Waals surface area contributed by atoms with E-state index in [0.717, 1.165) is 33.7 Å². The van der Waals surface area contributed by atoms with Gasteiger partial charge in [-0.1, -0.05) is 12.1 Å². The number of rotatable bonds is 6. The summed E-state index contributed by atoms with van der Waals surface area (Å²) in [6.07, 6.45) is 0.782.